The van der Waals surface area contributed by atoms with Crippen molar-refractivity contribution in [2.24, 2.45) is 0 Å². The van der Waals surface area contributed by atoms with Gasteiger partial charge in [0.05, 0.1) is 5.56 Å². The summed E-state index contributed by atoms with van der Waals surface area (Å²) in [7, 11) is 0. The Morgan fingerprint density at radius 3 is 2.00 bits per heavy atom. The molecule has 0 saturated heterocycles. The molecule has 39 heavy (non-hydrogen) atoms. The third kappa shape index (κ3) is 7.56. The van der Waals surface area contributed by atoms with Gasteiger partial charge in [0.15, 0.2) is 0 Å². The second-order valence-electron chi connectivity index (χ2n) is 11.4. The molecule has 6 nitrogen and oxygen atoms in total. The molecule has 0 aliphatic heterocycles. The van der Waals surface area contributed by atoms with E-state index in [-0.39, 0.29) is 11.8 Å². The lowest BCUT2D eigenvalue weighted by atomic mass is 9.84. The van der Waals surface area contributed by atoms with Gasteiger partial charge < -0.3 is 15.2 Å². The summed E-state index contributed by atoms with van der Waals surface area (Å²) < 4.78 is 5.52. The van der Waals surface area contributed by atoms with Gasteiger partial charge >= 0.3 is 11.9 Å². The molecule has 0 unspecified atom stereocenters. The molecular formula is C33H37NO5. The van der Waals surface area contributed by atoms with Gasteiger partial charge in [-0.05, 0) is 77.3 Å². The molecule has 0 spiro atoms. The Kier molecular flexibility index (Phi) is 8.85. The zero-order valence-corrected chi connectivity index (χ0v) is 22.9. The number of ether oxygens (including phenoxy) is 1. The van der Waals surface area contributed by atoms with Crippen molar-refractivity contribution in [1.82, 2.24) is 5.32 Å². The molecule has 1 fully saturated rings. The highest BCUT2D eigenvalue weighted by Gasteiger charge is 2.22. The molecule has 4 rings (SSSR count). The summed E-state index contributed by atoms with van der Waals surface area (Å²) in [5.41, 5.74) is 3.91. The SMILES string of the molecule is CC(C)(C)c1ccc(C(=O)N[C@@H](Cc2ccc(OC(=O)c3ccc(C4CCCCC4)cc3)cc2)C(=O)O)cc1. The van der Waals surface area contributed by atoms with Crippen LogP contribution in [0.4, 0.5) is 0 Å². The van der Waals surface area contributed by atoms with Gasteiger partial charge in [-0.15, -0.1) is 0 Å². The smallest absolute Gasteiger partial charge is 0.343 e. The summed E-state index contributed by atoms with van der Waals surface area (Å²) in [4.78, 5) is 37.2. The molecule has 6 heteroatoms. The van der Waals surface area contributed by atoms with Gasteiger partial charge in [-0.1, -0.05) is 76.4 Å². The molecule has 1 amide bonds. The zero-order valence-electron chi connectivity index (χ0n) is 22.9. The fraction of sp³-hybridized carbons (Fsp3) is 0.364. The molecule has 1 aliphatic carbocycles. The highest BCUT2D eigenvalue weighted by Crippen LogP contribution is 2.32. The van der Waals surface area contributed by atoms with Crippen LogP contribution >= 0.6 is 0 Å². The Bertz CT molecular complexity index is 1280. The first-order chi connectivity index (χ1) is 18.6. The number of hydrogen-bond acceptors (Lipinski definition) is 4. The summed E-state index contributed by atoms with van der Waals surface area (Å²) in [5, 5.41) is 12.3. The van der Waals surface area contributed by atoms with Gasteiger partial charge in [0.1, 0.15) is 11.8 Å². The van der Waals surface area contributed by atoms with E-state index in [2.05, 4.69) is 26.1 Å². The zero-order chi connectivity index (χ0) is 28.0. The van der Waals surface area contributed by atoms with Crippen LogP contribution in [-0.4, -0.2) is 29.0 Å². The lowest BCUT2D eigenvalue weighted by Crippen LogP contribution is -2.42. The minimum Gasteiger partial charge on any atom is -0.480 e. The summed E-state index contributed by atoms with van der Waals surface area (Å²) >= 11 is 0. The van der Waals surface area contributed by atoms with Crippen LogP contribution in [-0.2, 0) is 16.6 Å². The Hall–Kier alpha value is -3.93. The Balaban J connectivity index is 1.33. The maximum Gasteiger partial charge on any atom is 0.343 e. The van der Waals surface area contributed by atoms with E-state index in [4.69, 9.17) is 4.74 Å². The molecule has 0 heterocycles. The molecule has 3 aromatic carbocycles. The number of carbonyl (C=O) groups is 3. The molecule has 0 aromatic heterocycles. The van der Waals surface area contributed by atoms with E-state index in [1.165, 1.54) is 37.7 Å². The van der Waals surface area contributed by atoms with Gasteiger partial charge in [-0.2, -0.15) is 0 Å². The maximum atomic E-state index is 12.7. The highest BCUT2D eigenvalue weighted by atomic mass is 16.5. The number of rotatable bonds is 8. The molecule has 1 saturated carbocycles. The molecule has 0 radical (unpaired) electrons. The van der Waals surface area contributed by atoms with Gasteiger partial charge in [-0.25, -0.2) is 9.59 Å². The Morgan fingerprint density at radius 1 is 0.846 bits per heavy atom. The molecule has 3 aromatic rings. The lowest BCUT2D eigenvalue weighted by Gasteiger charge is -2.22. The monoisotopic (exact) mass is 527 g/mol. The number of nitrogens with one attached hydrogen (secondary N) is 1. The third-order valence-electron chi connectivity index (χ3n) is 7.41. The minimum atomic E-state index is -1.12. The predicted octanol–water partition coefficient (Wildman–Crippen LogP) is 6.68. The molecular weight excluding hydrogens is 490 g/mol. The normalized spacial score (nSPS) is 14.8. The summed E-state index contributed by atoms with van der Waals surface area (Å²) in [6, 6.07) is 20.4. The second-order valence-corrected chi connectivity index (χ2v) is 11.4. The fourth-order valence-corrected chi connectivity index (χ4v) is 4.99. The highest BCUT2D eigenvalue weighted by molar-refractivity contribution is 5.96. The summed E-state index contributed by atoms with van der Waals surface area (Å²) in [5.74, 6) is -1.06. The number of carboxylic acids is 1. The van der Waals surface area contributed by atoms with Crippen molar-refractivity contribution in [3.8, 4) is 5.75 Å². The fourth-order valence-electron chi connectivity index (χ4n) is 4.99. The van der Waals surface area contributed by atoms with E-state index >= 15 is 0 Å². The van der Waals surface area contributed by atoms with Crippen LogP contribution in [0.15, 0.2) is 72.8 Å². The van der Waals surface area contributed by atoms with Crippen molar-refractivity contribution in [2.45, 2.75) is 76.7 Å². The van der Waals surface area contributed by atoms with Crippen LogP contribution in [0.1, 0.15) is 96.2 Å². The van der Waals surface area contributed by atoms with Crippen LogP contribution in [0.25, 0.3) is 0 Å². The van der Waals surface area contributed by atoms with Crippen LogP contribution in [0, 0.1) is 0 Å². The number of carbonyl (C=O) groups excluding carboxylic acids is 2. The number of amides is 1. The van der Waals surface area contributed by atoms with E-state index in [1.54, 1.807) is 36.4 Å². The van der Waals surface area contributed by atoms with Crippen LogP contribution in [0.2, 0.25) is 0 Å². The first kappa shape index (κ1) is 28.1. The Labute approximate surface area is 230 Å². The van der Waals surface area contributed by atoms with Crippen molar-refractivity contribution in [3.63, 3.8) is 0 Å². The van der Waals surface area contributed by atoms with Crippen molar-refractivity contribution < 1.29 is 24.2 Å². The molecule has 0 bridgehead atoms. The van der Waals surface area contributed by atoms with Crippen molar-refractivity contribution in [3.05, 3.63) is 101 Å². The molecule has 2 N–H and O–H groups in total. The van der Waals surface area contributed by atoms with Crippen molar-refractivity contribution in [1.29, 1.82) is 0 Å². The second kappa shape index (κ2) is 12.3. The van der Waals surface area contributed by atoms with Crippen molar-refractivity contribution in [2.75, 3.05) is 0 Å². The number of esters is 1. The van der Waals surface area contributed by atoms with Crippen LogP contribution < -0.4 is 10.1 Å². The van der Waals surface area contributed by atoms with E-state index in [0.717, 1.165) is 5.56 Å². The first-order valence-corrected chi connectivity index (χ1v) is 13.7. The first-order valence-electron chi connectivity index (χ1n) is 13.7. The lowest BCUT2D eigenvalue weighted by molar-refractivity contribution is -0.139. The predicted molar refractivity (Wildman–Crippen MR) is 151 cm³/mol. The van der Waals surface area contributed by atoms with E-state index in [9.17, 15) is 19.5 Å². The van der Waals surface area contributed by atoms with Gasteiger partial charge in [0.2, 0.25) is 0 Å². The number of aliphatic carboxylic acids is 1. The summed E-state index contributed by atoms with van der Waals surface area (Å²) in [6.45, 7) is 6.26. The summed E-state index contributed by atoms with van der Waals surface area (Å²) in [6.07, 6.45) is 6.32. The van der Waals surface area contributed by atoms with Crippen LogP contribution in [0.3, 0.4) is 0 Å². The molecule has 1 aliphatic rings. The van der Waals surface area contributed by atoms with Gasteiger partial charge in [0.25, 0.3) is 5.91 Å². The number of benzene rings is 3. The minimum absolute atomic E-state index is 0.0434. The number of hydrogen-bond donors (Lipinski definition) is 2. The number of carboxylic acid groups (broad SMARTS) is 1. The largest absolute Gasteiger partial charge is 0.480 e. The van der Waals surface area contributed by atoms with Gasteiger partial charge in [-0.3, -0.25) is 4.79 Å². The maximum absolute atomic E-state index is 12.7. The van der Waals surface area contributed by atoms with Crippen LogP contribution in [0.5, 0.6) is 5.75 Å². The average Bonchev–Trinajstić information content (AvgIpc) is 2.93. The quantitative estimate of drug-likeness (QED) is 0.252. The van der Waals surface area contributed by atoms with E-state index in [1.807, 2.05) is 36.4 Å². The Morgan fingerprint density at radius 2 is 1.44 bits per heavy atom. The molecule has 1 atom stereocenters. The topological polar surface area (TPSA) is 92.7 Å². The van der Waals surface area contributed by atoms with Gasteiger partial charge in [0, 0.05) is 12.0 Å². The average molecular weight is 528 g/mol. The van der Waals surface area contributed by atoms with E-state index in [0.29, 0.717) is 28.4 Å². The third-order valence-corrected chi connectivity index (χ3v) is 7.41. The molecule has 204 valence electrons. The van der Waals surface area contributed by atoms with Crippen molar-refractivity contribution >= 4 is 17.8 Å². The van der Waals surface area contributed by atoms with E-state index < -0.39 is 23.9 Å². The standard InChI is InChI=1S/C33H37NO5/c1-33(2,3)27-17-15-25(16-18-27)30(35)34-29(31(36)37)21-22-9-19-28(20-10-22)39-32(38)26-13-11-24(12-14-26)23-7-5-4-6-8-23/h9-20,23,29H,4-8,21H2,1-3H3,(H,34,35)(H,36,37)/t29-/m0/s1.